The zero-order valence-electron chi connectivity index (χ0n) is 12.7. The molecule has 0 amide bonds. The van der Waals surface area contributed by atoms with E-state index in [9.17, 15) is 0 Å². The molecule has 1 aromatic rings. The highest BCUT2D eigenvalue weighted by molar-refractivity contribution is 5.27. The third kappa shape index (κ3) is 6.73. The molecule has 0 aliphatic heterocycles. The quantitative estimate of drug-likeness (QED) is 0.646. The number of benzene rings is 1. The Hall–Kier alpha value is -1.32. The second-order valence-corrected chi connectivity index (χ2v) is 5.84. The van der Waals surface area contributed by atoms with Gasteiger partial charge in [-0.15, -0.1) is 0 Å². The number of hydrogen-bond donors (Lipinski definition) is 2. The van der Waals surface area contributed by atoms with Gasteiger partial charge in [0.05, 0.1) is 0 Å². The number of aliphatic hydroxyl groups is 1. The molecule has 0 bridgehead atoms. The predicted molar refractivity (Wildman–Crippen MR) is 83.9 cm³/mol. The molecule has 2 N–H and O–H groups in total. The van der Waals surface area contributed by atoms with Crippen molar-refractivity contribution >= 4 is 0 Å². The van der Waals surface area contributed by atoms with Crippen molar-refractivity contribution in [3.63, 3.8) is 0 Å². The zero-order valence-corrected chi connectivity index (χ0v) is 12.7. The zero-order chi connectivity index (χ0) is 14.8. The van der Waals surface area contributed by atoms with Crippen LogP contribution in [0.15, 0.2) is 36.9 Å². The fourth-order valence-electron chi connectivity index (χ4n) is 2.05. The molecule has 0 unspecified atom stereocenters. The first-order chi connectivity index (χ1) is 9.57. The van der Waals surface area contributed by atoms with Gasteiger partial charge in [0.1, 0.15) is 12.4 Å². The van der Waals surface area contributed by atoms with E-state index in [-0.39, 0.29) is 12.0 Å². The van der Waals surface area contributed by atoms with E-state index < -0.39 is 0 Å². The van der Waals surface area contributed by atoms with Crippen molar-refractivity contribution in [2.45, 2.75) is 33.2 Å². The van der Waals surface area contributed by atoms with Crippen LogP contribution in [0.25, 0.3) is 0 Å². The molecule has 0 aliphatic rings. The van der Waals surface area contributed by atoms with Crippen LogP contribution in [0.2, 0.25) is 0 Å². The Morgan fingerprint density at radius 2 is 2.00 bits per heavy atom. The highest BCUT2D eigenvalue weighted by Gasteiger charge is 2.16. The first kappa shape index (κ1) is 16.7. The summed E-state index contributed by atoms with van der Waals surface area (Å²) in [5, 5.41) is 12.4. The van der Waals surface area contributed by atoms with Crippen LogP contribution in [0.1, 0.15) is 32.3 Å². The molecule has 1 aromatic carbocycles. The molecule has 0 saturated carbocycles. The summed E-state index contributed by atoms with van der Waals surface area (Å²) in [6, 6.07) is 8.12. The summed E-state index contributed by atoms with van der Waals surface area (Å²) < 4.78 is 5.45. The molecule has 20 heavy (non-hydrogen) atoms. The summed E-state index contributed by atoms with van der Waals surface area (Å²) in [5.74, 6) is 0.872. The summed E-state index contributed by atoms with van der Waals surface area (Å²) in [6.45, 7) is 10.7. The van der Waals surface area contributed by atoms with E-state index in [1.54, 1.807) is 6.08 Å². The van der Waals surface area contributed by atoms with Gasteiger partial charge in [-0.25, -0.2) is 0 Å². The van der Waals surface area contributed by atoms with Gasteiger partial charge in [-0.05, 0) is 36.0 Å². The van der Waals surface area contributed by atoms with Crippen molar-refractivity contribution in [3.05, 3.63) is 42.5 Å². The minimum absolute atomic E-state index is 0.218. The van der Waals surface area contributed by atoms with Crippen molar-refractivity contribution in [2.75, 3.05) is 19.8 Å². The monoisotopic (exact) mass is 277 g/mol. The Kier molecular flexibility index (Phi) is 7.34. The van der Waals surface area contributed by atoms with Crippen LogP contribution in [-0.2, 0) is 6.54 Å². The first-order valence-electron chi connectivity index (χ1n) is 7.21. The van der Waals surface area contributed by atoms with E-state index >= 15 is 0 Å². The molecule has 0 aliphatic carbocycles. The van der Waals surface area contributed by atoms with E-state index in [1.165, 1.54) is 5.56 Å². The molecule has 0 aromatic heterocycles. The molecule has 0 atom stereocenters. The lowest BCUT2D eigenvalue weighted by molar-refractivity contribution is 0.236. The number of rotatable bonds is 10. The molecule has 1 rings (SSSR count). The average molecular weight is 277 g/mol. The van der Waals surface area contributed by atoms with Crippen molar-refractivity contribution in [3.8, 4) is 5.75 Å². The number of ether oxygens (including phenoxy) is 1. The Bertz CT molecular complexity index is 384. The maximum absolute atomic E-state index is 8.88. The van der Waals surface area contributed by atoms with Crippen LogP contribution in [0.3, 0.4) is 0 Å². The van der Waals surface area contributed by atoms with Crippen LogP contribution in [0.4, 0.5) is 0 Å². The van der Waals surface area contributed by atoms with Gasteiger partial charge >= 0.3 is 0 Å². The fraction of sp³-hybridized carbons (Fsp3) is 0.529. The smallest absolute Gasteiger partial charge is 0.119 e. The number of aliphatic hydroxyl groups excluding tert-OH is 1. The Balaban J connectivity index is 2.32. The van der Waals surface area contributed by atoms with Crippen LogP contribution >= 0.6 is 0 Å². The molecule has 0 radical (unpaired) electrons. The highest BCUT2D eigenvalue weighted by atomic mass is 16.5. The topological polar surface area (TPSA) is 41.5 Å². The van der Waals surface area contributed by atoms with E-state index in [0.29, 0.717) is 6.61 Å². The summed E-state index contributed by atoms with van der Waals surface area (Å²) >= 11 is 0. The van der Waals surface area contributed by atoms with Gasteiger partial charge in [-0.1, -0.05) is 38.6 Å². The largest absolute Gasteiger partial charge is 0.490 e. The lowest BCUT2D eigenvalue weighted by Crippen LogP contribution is -2.29. The molecule has 0 fully saturated rings. The third-order valence-electron chi connectivity index (χ3n) is 3.24. The van der Waals surface area contributed by atoms with Gasteiger partial charge in [0.25, 0.3) is 0 Å². The fourth-order valence-corrected chi connectivity index (χ4v) is 2.05. The maximum Gasteiger partial charge on any atom is 0.119 e. The lowest BCUT2D eigenvalue weighted by atomic mass is 9.88. The first-order valence-corrected chi connectivity index (χ1v) is 7.21. The van der Waals surface area contributed by atoms with Gasteiger partial charge < -0.3 is 15.2 Å². The van der Waals surface area contributed by atoms with Crippen LogP contribution in [0, 0.1) is 5.41 Å². The SMILES string of the molecule is C=CCOc1ccc(CNCC(C)(C)CCCO)cc1. The van der Waals surface area contributed by atoms with E-state index in [0.717, 1.165) is 31.7 Å². The lowest BCUT2D eigenvalue weighted by Gasteiger charge is -2.24. The maximum atomic E-state index is 8.88. The Morgan fingerprint density at radius 1 is 1.30 bits per heavy atom. The minimum Gasteiger partial charge on any atom is -0.490 e. The van der Waals surface area contributed by atoms with Crippen LogP contribution in [-0.4, -0.2) is 24.9 Å². The van der Waals surface area contributed by atoms with Gasteiger partial charge in [-0.2, -0.15) is 0 Å². The van der Waals surface area contributed by atoms with Crippen molar-refractivity contribution in [1.29, 1.82) is 0 Å². The summed E-state index contributed by atoms with van der Waals surface area (Å²) in [6.07, 6.45) is 3.64. The summed E-state index contributed by atoms with van der Waals surface area (Å²) in [4.78, 5) is 0. The average Bonchev–Trinajstić information content (AvgIpc) is 2.44. The number of nitrogens with one attached hydrogen (secondary N) is 1. The predicted octanol–water partition coefficient (Wildman–Crippen LogP) is 3.14. The van der Waals surface area contributed by atoms with Crippen LogP contribution < -0.4 is 10.1 Å². The van der Waals surface area contributed by atoms with Crippen molar-refractivity contribution in [2.24, 2.45) is 5.41 Å². The Labute approximate surface area is 122 Å². The third-order valence-corrected chi connectivity index (χ3v) is 3.24. The van der Waals surface area contributed by atoms with Crippen molar-refractivity contribution in [1.82, 2.24) is 5.32 Å². The normalized spacial score (nSPS) is 11.3. The second-order valence-electron chi connectivity index (χ2n) is 5.84. The van der Waals surface area contributed by atoms with E-state index in [2.05, 4.69) is 37.9 Å². The van der Waals surface area contributed by atoms with E-state index in [4.69, 9.17) is 9.84 Å². The van der Waals surface area contributed by atoms with Crippen molar-refractivity contribution < 1.29 is 9.84 Å². The second kappa shape index (κ2) is 8.77. The van der Waals surface area contributed by atoms with E-state index in [1.807, 2.05) is 12.1 Å². The Morgan fingerprint density at radius 3 is 2.60 bits per heavy atom. The minimum atomic E-state index is 0.218. The molecule has 3 nitrogen and oxygen atoms in total. The summed E-state index contributed by atoms with van der Waals surface area (Å²) in [7, 11) is 0. The molecule has 0 spiro atoms. The number of hydrogen-bond acceptors (Lipinski definition) is 3. The molecule has 0 heterocycles. The van der Waals surface area contributed by atoms with Crippen LogP contribution in [0.5, 0.6) is 5.75 Å². The van der Waals surface area contributed by atoms with Gasteiger partial charge in [0.15, 0.2) is 0 Å². The van der Waals surface area contributed by atoms with Gasteiger partial charge in [0.2, 0.25) is 0 Å². The molecule has 112 valence electrons. The molecule has 0 saturated heterocycles. The molecule has 3 heteroatoms. The van der Waals surface area contributed by atoms with Gasteiger partial charge in [-0.3, -0.25) is 0 Å². The summed E-state index contributed by atoms with van der Waals surface area (Å²) in [5.41, 5.74) is 1.46. The molecular formula is C17H27NO2. The standard InChI is InChI=1S/C17H27NO2/c1-4-12-20-16-8-6-15(7-9-16)13-18-14-17(2,3)10-5-11-19/h4,6-9,18-19H,1,5,10-14H2,2-3H3. The highest BCUT2D eigenvalue weighted by Crippen LogP contribution is 2.21. The molecular weight excluding hydrogens is 250 g/mol. The van der Waals surface area contributed by atoms with Gasteiger partial charge in [0, 0.05) is 19.7 Å².